The molecule has 0 bridgehead atoms. The van der Waals surface area contributed by atoms with E-state index in [9.17, 15) is 14.3 Å². The third-order valence-corrected chi connectivity index (χ3v) is 4.60. The Kier molecular flexibility index (Phi) is 5.05. The summed E-state index contributed by atoms with van der Waals surface area (Å²) in [7, 11) is 0. The fourth-order valence-electron chi connectivity index (χ4n) is 3.10. The molecule has 1 aromatic carbocycles. The molecule has 1 amide bonds. The maximum atomic E-state index is 13.0. The first-order chi connectivity index (χ1) is 12.1. The maximum absolute atomic E-state index is 13.0. The van der Waals surface area contributed by atoms with Crippen molar-refractivity contribution >= 4 is 5.91 Å². The monoisotopic (exact) mass is 339 g/mol. The zero-order chi connectivity index (χ0) is 17.8. The second kappa shape index (κ2) is 7.41. The summed E-state index contributed by atoms with van der Waals surface area (Å²) in [5.74, 6) is -0.464. The van der Waals surface area contributed by atoms with E-state index in [1.54, 1.807) is 29.2 Å². The van der Waals surface area contributed by atoms with E-state index < -0.39 is 6.10 Å². The number of nitrogens with zero attached hydrogens (tertiary/aromatic N) is 3. The number of pyridine rings is 1. The van der Waals surface area contributed by atoms with Gasteiger partial charge >= 0.3 is 0 Å². The zero-order valence-corrected chi connectivity index (χ0v) is 13.6. The summed E-state index contributed by atoms with van der Waals surface area (Å²) in [6.45, 7) is 1.06. The van der Waals surface area contributed by atoms with Crippen molar-refractivity contribution in [1.29, 1.82) is 5.26 Å². The third kappa shape index (κ3) is 3.83. The highest BCUT2D eigenvalue weighted by Crippen LogP contribution is 2.31. The van der Waals surface area contributed by atoms with Crippen molar-refractivity contribution in [3.05, 3.63) is 65.2 Å². The highest BCUT2D eigenvalue weighted by molar-refractivity contribution is 5.92. The Morgan fingerprint density at radius 2 is 1.92 bits per heavy atom. The van der Waals surface area contributed by atoms with Gasteiger partial charge in [0.2, 0.25) is 0 Å². The van der Waals surface area contributed by atoms with Gasteiger partial charge in [-0.15, -0.1) is 0 Å². The Balaban J connectivity index is 1.60. The molecule has 1 fully saturated rings. The van der Waals surface area contributed by atoms with Gasteiger partial charge in [-0.1, -0.05) is 12.1 Å². The van der Waals surface area contributed by atoms with Crippen molar-refractivity contribution < 1.29 is 14.3 Å². The molecule has 0 spiro atoms. The van der Waals surface area contributed by atoms with Crippen LogP contribution in [0.1, 0.15) is 40.6 Å². The largest absolute Gasteiger partial charge is 0.388 e. The van der Waals surface area contributed by atoms with Crippen molar-refractivity contribution in [2.75, 3.05) is 13.1 Å². The van der Waals surface area contributed by atoms with Gasteiger partial charge in [-0.3, -0.25) is 4.79 Å². The summed E-state index contributed by atoms with van der Waals surface area (Å²) in [5, 5.41) is 19.2. The molecule has 2 heterocycles. The smallest absolute Gasteiger partial charge is 0.272 e. The van der Waals surface area contributed by atoms with Crippen LogP contribution in [0.5, 0.6) is 0 Å². The quantitative estimate of drug-likeness (QED) is 0.933. The van der Waals surface area contributed by atoms with Gasteiger partial charge in [0, 0.05) is 19.3 Å². The molecule has 2 aromatic rings. The van der Waals surface area contributed by atoms with Crippen LogP contribution in [0.25, 0.3) is 0 Å². The number of aliphatic hydroxyl groups is 1. The molecule has 0 radical (unpaired) electrons. The number of hydrogen-bond donors (Lipinski definition) is 1. The SMILES string of the molecule is N#Cc1ccc(C(=O)N2CCC(C(O)c3ccc(F)cc3)CC2)nc1. The lowest BCUT2D eigenvalue weighted by molar-refractivity contribution is 0.0458. The Hall–Kier alpha value is -2.78. The minimum absolute atomic E-state index is 0.0310. The number of aromatic nitrogens is 1. The van der Waals surface area contributed by atoms with Crippen LogP contribution in [0.3, 0.4) is 0 Å². The highest BCUT2D eigenvalue weighted by Gasteiger charge is 2.29. The van der Waals surface area contributed by atoms with Crippen LogP contribution >= 0.6 is 0 Å². The number of nitriles is 1. The number of likely N-dealkylation sites (tertiary alicyclic amines) is 1. The average molecular weight is 339 g/mol. The number of carbonyl (C=O) groups excluding carboxylic acids is 1. The Bertz CT molecular complexity index is 776. The molecular formula is C19H18FN3O2. The van der Waals surface area contributed by atoms with Crippen molar-refractivity contribution in [3.8, 4) is 6.07 Å². The number of halogens is 1. The van der Waals surface area contributed by atoms with Gasteiger partial charge < -0.3 is 10.0 Å². The number of amides is 1. The molecule has 0 aliphatic carbocycles. The van der Waals surface area contributed by atoms with Crippen LogP contribution in [0.4, 0.5) is 4.39 Å². The summed E-state index contributed by atoms with van der Waals surface area (Å²) in [6, 6.07) is 11.0. The van der Waals surface area contributed by atoms with Crippen molar-refractivity contribution in [2.45, 2.75) is 18.9 Å². The molecule has 3 rings (SSSR count). The second-order valence-corrected chi connectivity index (χ2v) is 6.17. The second-order valence-electron chi connectivity index (χ2n) is 6.17. The van der Waals surface area contributed by atoms with E-state index in [-0.39, 0.29) is 17.6 Å². The summed E-state index contributed by atoms with van der Waals surface area (Å²) < 4.78 is 13.0. The fourth-order valence-corrected chi connectivity index (χ4v) is 3.10. The van der Waals surface area contributed by atoms with Gasteiger partial charge in [0.05, 0.1) is 11.7 Å². The lowest BCUT2D eigenvalue weighted by Gasteiger charge is -2.34. The lowest BCUT2D eigenvalue weighted by Crippen LogP contribution is -2.40. The molecule has 128 valence electrons. The standard InChI is InChI=1S/C19H18FN3O2/c20-16-4-2-14(3-5-16)18(24)15-7-9-23(10-8-15)19(25)17-6-1-13(11-21)12-22-17/h1-6,12,15,18,24H,7-10H2. The molecule has 1 aromatic heterocycles. The molecule has 1 aliphatic rings. The van der Waals surface area contributed by atoms with Crippen LogP contribution in [0.15, 0.2) is 42.6 Å². The van der Waals surface area contributed by atoms with E-state index in [1.165, 1.54) is 18.3 Å². The van der Waals surface area contributed by atoms with E-state index >= 15 is 0 Å². The van der Waals surface area contributed by atoms with Gasteiger partial charge in [0.15, 0.2) is 0 Å². The molecule has 1 aliphatic heterocycles. The highest BCUT2D eigenvalue weighted by atomic mass is 19.1. The number of carbonyl (C=O) groups is 1. The summed E-state index contributed by atoms with van der Waals surface area (Å²) in [6.07, 6.45) is 2.06. The summed E-state index contributed by atoms with van der Waals surface area (Å²) in [5.41, 5.74) is 1.43. The summed E-state index contributed by atoms with van der Waals surface area (Å²) in [4.78, 5) is 18.2. The number of benzene rings is 1. The molecule has 5 nitrogen and oxygen atoms in total. The predicted molar refractivity (Wildman–Crippen MR) is 88.9 cm³/mol. The fraction of sp³-hybridized carbons (Fsp3) is 0.316. The van der Waals surface area contributed by atoms with Crippen LogP contribution in [0, 0.1) is 23.1 Å². The normalized spacial score (nSPS) is 16.3. The summed E-state index contributed by atoms with van der Waals surface area (Å²) >= 11 is 0. The van der Waals surface area contributed by atoms with E-state index in [2.05, 4.69) is 4.98 Å². The van der Waals surface area contributed by atoms with E-state index in [4.69, 9.17) is 5.26 Å². The number of aliphatic hydroxyl groups excluding tert-OH is 1. The topological polar surface area (TPSA) is 77.2 Å². The van der Waals surface area contributed by atoms with E-state index in [0.717, 1.165) is 0 Å². The minimum atomic E-state index is -0.661. The number of rotatable bonds is 3. The molecule has 25 heavy (non-hydrogen) atoms. The molecule has 1 N–H and O–H groups in total. The van der Waals surface area contributed by atoms with Crippen molar-refractivity contribution in [1.82, 2.24) is 9.88 Å². The average Bonchev–Trinajstić information content (AvgIpc) is 2.67. The Morgan fingerprint density at radius 3 is 2.48 bits per heavy atom. The third-order valence-electron chi connectivity index (χ3n) is 4.60. The van der Waals surface area contributed by atoms with Gasteiger partial charge in [-0.05, 0) is 48.6 Å². The van der Waals surface area contributed by atoms with Crippen molar-refractivity contribution in [3.63, 3.8) is 0 Å². The van der Waals surface area contributed by atoms with E-state index in [0.29, 0.717) is 42.8 Å². The Morgan fingerprint density at radius 1 is 1.24 bits per heavy atom. The zero-order valence-electron chi connectivity index (χ0n) is 13.6. The van der Waals surface area contributed by atoms with Crippen LogP contribution in [-0.4, -0.2) is 34.0 Å². The van der Waals surface area contributed by atoms with Crippen LogP contribution < -0.4 is 0 Å². The molecular weight excluding hydrogens is 321 g/mol. The molecule has 6 heteroatoms. The maximum Gasteiger partial charge on any atom is 0.272 e. The van der Waals surface area contributed by atoms with Gasteiger partial charge in [0.25, 0.3) is 5.91 Å². The van der Waals surface area contributed by atoms with Crippen molar-refractivity contribution in [2.24, 2.45) is 5.92 Å². The van der Waals surface area contributed by atoms with E-state index in [1.807, 2.05) is 6.07 Å². The van der Waals surface area contributed by atoms with Gasteiger partial charge in [-0.25, -0.2) is 9.37 Å². The van der Waals surface area contributed by atoms with Gasteiger partial charge in [0.1, 0.15) is 17.6 Å². The molecule has 1 atom stereocenters. The molecule has 1 saturated heterocycles. The molecule has 1 unspecified atom stereocenters. The minimum Gasteiger partial charge on any atom is -0.388 e. The first-order valence-electron chi connectivity index (χ1n) is 8.17. The number of hydrogen-bond acceptors (Lipinski definition) is 4. The first kappa shape index (κ1) is 17.1. The number of piperidine rings is 1. The molecule has 0 saturated carbocycles. The van der Waals surface area contributed by atoms with Gasteiger partial charge in [-0.2, -0.15) is 5.26 Å². The Labute approximate surface area is 145 Å². The first-order valence-corrected chi connectivity index (χ1v) is 8.17. The van der Waals surface area contributed by atoms with Crippen LogP contribution in [0.2, 0.25) is 0 Å². The lowest BCUT2D eigenvalue weighted by atomic mass is 9.87. The predicted octanol–water partition coefficient (Wildman–Crippen LogP) is 2.68. The van der Waals surface area contributed by atoms with Crippen LogP contribution in [-0.2, 0) is 0 Å².